The Morgan fingerprint density at radius 3 is 1.59 bits per heavy atom. The molecule has 34 heavy (non-hydrogen) atoms. The maximum atomic E-state index is 14.6. The molecule has 3 rings (SSSR count). The van der Waals surface area contributed by atoms with Crippen LogP contribution in [-0.2, 0) is 12.8 Å². The topological polar surface area (TPSA) is 0 Å². The van der Waals surface area contributed by atoms with Crippen LogP contribution in [0.15, 0.2) is 60.7 Å². The molecule has 0 unspecified atom stereocenters. The second-order valence-corrected chi connectivity index (χ2v) is 8.62. The van der Waals surface area contributed by atoms with Gasteiger partial charge in [0, 0.05) is 16.7 Å². The molecule has 0 amide bonds. The van der Waals surface area contributed by atoms with Gasteiger partial charge in [0.05, 0.1) is 5.56 Å². The fraction of sp³-hybridized carbons (Fsp3) is 0.312. The van der Waals surface area contributed by atoms with Gasteiger partial charge in [-0.2, -0.15) is 0 Å². The van der Waals surface area contributed by atoms with E-state index in [1.165, 1.54) is 55.4 Å². The fourth-order valence-corrected chi connectivity index (χ4v) is 3.77. The largest absolute Gasteiger partial charge is 0.205 e. The quantitative estimate of drug-likeness (QED) is 0.237. The minimum Gasteiger partial charge on any atom is -0.205 e. The number of hydrogen-bond donors (Lipinski definition) is 0. The van der Waals surface area contributed by atoms with Gasteiger partial charge in [-0.15, -0.1) is 0 Å². The predicted molar refractivity (Wildman–Crippen MR) is 138 cm³/mol. The molecule has 0 aliphatic heterocycles. The molecule has 0 aliphatic rings. The average molecular weight is 455 g/mol. The van der Waals surface area contributed by atoms with Crippen molar-refractivity contribution < 1.29 is 8.78 Å². The third kappa shape index (κ3) is 7.90. The van der Waals surface area contributed by atoms with E-state index >= 15 is 0 Å². The van der Waals surface area contributed by atoms with Crippen LogP contribution in [0.1, 0.15) is 85.8 Å². The molecule has 0 heterocycles. The maximum Gasteiger partial charge on any atom is 0.143 e. The molecule has 3 aromatic carbocycles. The summed E-state index contributed by atoms with van der Waals surface area (Å²) in [5.41, 5.74) is 4.14. The van der Waals surface area contributed by atoms with Gasteiger partial charge in [0.15, 0.2) is 0 Å². The summed E-state index contributed by atoms with van der Waals surface area (Å²) in [7, 11) is 0. The van der Waals surface area contributed by atoms with E-state index in [1.807, 2.05) is 48.5 Å². The number of rotatable bonds is 8. The number of benzene rings is 3. The summed E-state index contributed by atoms with van der Waals surface area (Å²) in [5, 5.41) is 0. The summed E-state index contributed by atoms with van der Waals surface area (Å²) in [6, 6.07) is 18.3. The molecule has 0 bridgehead atoms. The van der Waals surface area contributed by atoms with Crippen molar-refractivity contribution in [2.45, 2.75) is 65.2 Å². The molecule has 0 aromatic heterocycles. The van der Waals surface area contributed by atoms with Gasteiger partial charge < -0.3 is 0 Å². The zero-order valence-corrected chi connectivity index (χ0v) is 20.2. The molecule has 0 saturated carbocycles. The normalized spacial score (nSPS) is 10.2. The van der Waals surface area contributed by atoms with Crippen LogP contribution in [0.5, 0.6) is 0 Å². The Morgan fingerprint density at radius 1 is 0.529 bits per heavy atom. The molecule has 0 radical (unpaired) electrons. The number of unbranched alkanes of at least 4 members (excludes halogenated alkanes) is 4. The van der Waals surface area contributed by atoms with Crippen molar-refractivity contribution in [1.29, 1.82) is 0 Å². The molecule has 0 N–H and O–H groups in total. The first-order valence-electron chi connectivity index (χ1n) is 12.3. The molecule has 0 nitrogen and oxygen atoms in total. The summed E-state index contributed by atoms with van der Waals surface area (Å²) in [4.78, 5) is 0. The summed E-state index contributed by atoms with van der Waals surface area (Å²) in [6.45, 7) is 4.35. The lowest BCUT2D eigenvalue weighted by atomic mass is 10.0. The van der Waals surface area contributed by atoms with E-state index in [1.54, 1.807) is 0 Å². The zero-order chi connectivity index (χ0) is 24.2. The van der Waals surface area contributed by atoms with Gasteiger partial charge >= 0.3 is 0 Å². The van der Waals surface area contributed by atoms with E-state index < -0.39 is 11.6 Å². The summed E-state index contributed by atoms with van der Waals surface area (Å²) >= 11 is 0. The second-order valence-electron chi connectivity index (χ2n) is 8.62. The summed E-state index contributed by atoms with van der Waals surface area (Å²) < 4.78 is 29.1. The average Bonchev–Trinajstić information content (AvgIpc) is 2.84. The van der Waals surface area contributed by atoms with Crippen LogP contribution in [0, 0.1) is 35.3 Å². The van der Waals surface area contributed by atoms with Gasteiger partial charge in [-0.3, -0.25) is 0 Å². The number of aryl methyl sites for hydroxylation is 2. The Balaban J connectivity index is 1.65. The lowest BCUT2D eigenvalue weighted by Gasteiger charge is -2.02. The number of hydrogen-bond acceptors (Lipinski definition) is 0. The van der Waals surface area contributed by atoms with Crippen molar-refractivity contribution in [1.82, 2.24) is 0 Å². The highest BCUT2D eigenvalue weighted by Gasteiger charge is 2.08. The van der Waals surface area contributed by atoms with E-state index in [2.05, 4.69) is 37.5 Å². The highest BCUT2D eigenvalue weighted by atomic mass is 19.1. The van der Waals surface area contributed by atoms with Gasteiger partial charge in [0.2, 0.25) is 0 Å². The molecule has 0 atom stereocenters. The fourth-order valence-electron chi connectivity index (χ4n) is 3.77. The van der Waals surface area contributed by atoms with Crippen LogP contribution in [0.3, 0.4) is 0 Å². The van der Waals surface area contributed by atoms with E-state index in [9.17, 15) is 8.78 Å². The Bertz CT molecular complexity index is 1160. The monoisotopic (exact) mass is 454 g/mol. The standard InChI is InChI=1S/C32H32F2/c1-3-5-6-7-8-10-26-13-17-28(18-14-26)21-22-30-31(33)23-29(24-32(30)34)20-19-27-15-11-25(9-4-2)12-16-27/h11-18,23-24H,3-10H2,1-2H3. The molecular weight excluding hydrogens is 422 g/mol. The van der Waals surface area contributed by atoms with Gasteiger partial charge in [-0.25, -0.2) is 8.78 Å². The minimum absolute atomic E-state index is 0.227. The molecule has 0 aliphatic carbocycles. The van der Waals surface area contributed by atoms with Gasteiger partial charge in [0.1, 0.15) is 11.6 Å². The minimum atomic E-state index is -0.696. The molecule has 0 saturated heterocycles. The van der Waals surface area contributed by atoms with E-state index in [0.717, 1.165) is 30.4 Å². The molecule has 174 valence electrons. The van der Waals surface area contributed by atoms with E-state index in [4.69, 9.17) is 0 Å². The summed E-state index contributed by atoms with van der Waals surface area (Å²) in [5.74, 6) is 9.97. The lowest BCUT2D eigenvalue weighted by Crippen LogP contribution is -1.93. The van der Waals surface area contributed by atoms with Crippen molar-refractivity contribution in [2.24, 2.45) is 0 Å². The van der Waals surface area contributed by atoms with Crippen LogP contribution < -0.4 is 0 Å². The van der Waals surface area contributed by atoms with Gasteiger partial charge in [-0.1, -0.05) is 93.9 Å². The van der Waals surface area contributed by atoms with Crippen molar-refractivity contribution in [3.05, 3.63) is 106 Å². The van der Waals surface area contributed by atoms with Gasteiger partial charge in [-0.05, 0) is 66.8 Å². The molecule has 2 heteroatoms. The third-order valence-corrected chi connectivity index (χ3v) is 5.74. The predicted octanol–water partition coefficient (Wildman–Crippen LogP) is 8.23. The van der Waals surface area contributed by atoms with Crippen molar-refractivity contribution in [3.63, 3.8) is 0 Å². The van der Waals surface area contributed by atoms with E-state index in [-0.39, 0.29) is 5.56 Å². The first-order valence-corrected chi connectivity index (χ1v) is 12.3. The molecule has 3 aromatic rings. The first-order chi connectivity index (χ1) is 16.6. The van der Waals surface area contributed by atoms with Crippen molar-refractivity contribution in [2.75, 3.05) is 0 Å². The smallest absolute Gasteiger partial charge is 0.143 e. The van der Waals surface area contributed by atoms with Crippen LogP contribution in [-0.4, -0.2) is 0 Å². The third-order valence-electron chi connectivity index (χ3n) is 5.74. The lowest BCUT2D eigenvalue weighted by molar-refractivity contribution is 0.577. The van der Waals surface area contributed by atoms with Crippen molar-refractivity contribution in [3.8, 4) is 23.7 Å². The van der Waals surface area contributed by atoms with Crippen LogP contribution >= 0.6 is 0 Å². The van der Waals surface area contributed by atoms with E-state index in [0.29, 0.717) is 5.56 Å². The van der Waals surface area contributed by atoms with Crippen LogP contribution in [0.2, 0.25) is 0 Å². The molecule has 0 spiro atoms. The summed E-state index contributed by atoms with van der Waals surface area (Å²) in [6.07, 6.45) is 9.42. The Labute approximate surface area is 203 Å². The first kappa shape index (κ1) is 25.3. The van der Waals surface area contributed by atoms with Crippen molar-refractivity contribution >= 4 is 0 Å². The van der Waals surface area contributed by atoms with Gasteiger partial charge in [0.25, 0.3) is 0 Å². The second kappa shape index (κ2) is 13.4. The highest BCUT2D eigenvalue weighted by molar-refractivity contribution is 5.49. The van der Waals surface area contributed by atoms with Crippen LogP contribution in [0.25, 0.3) is 0 Å². The number of halogens is 2. The Kier molecular flexibility index (Phi) is 9.94. The Morgan fingerprint density at radius 2 is 1.03 bits per heavy atom. The highest BCUT2D eigenvalue weighted by Crippen LogP contribution is 2.15. The SMILES string of the molecule is CCCCCCCc1ccc(C#Cc2c(F)cc(C#Cc3ccc(CCC)cc3)cc2F)cc1. The molecule has 0 fully saturated rings. The maximum absolute atomic E-state index is 14.6. The molecular formula is C32H32F2. The zero-order valence-electron chi connectivity index (χ0n) is 20.2. The Hall–Kier alpha value is -3.36. The van der Waals surface area contributed by atoms with Crippen LogP contribution in [0.4, 0.5) is 8.78 Å².